The summed E-state index contributed by atoms with van der Waals surface area (Å²) in [6, 6.07) is 10.8. The van der Waals surface area contributed by atoms with E-state index in [0.717, 1.165) is 38.2 Å². The third kappa shape index (κ3) is 3.82. The van der Waals surface area contributed by atoms with E-state index in [2.05, 4.69) is 42.3 Å². The van der Waals surface area contributed by atoms with Crippen molar-refractivity contribution >= 4 is 0 Å². The zero-order chi connectivity index (χ0) is 14.4. The van der Waals surface area contributed by atoms with Crippen LogP contribution in [-0.2, 0) is 0 Å². The molecule has 1 heterocycles. The zero-order valence-electron chi connectivity index (χ0n) is 12.6. The molecule has 108 valence electrons. The molecule has 3 heteroatoms. The third-order valence-electron chi connectivity index (χ3n) is 4.05. The van der Waals surface area contributed by atoms with Gasteiger partial charge in [0.15, 0.2) is 0 Å². The average Bonchev–Trinajstić information content (AvgIpc) is 2.49. The number of nitrogens with zero attached hydrogens (tertiary/aromatic N) is 2. The van der Waals surface area contributed by atoms with Gasteiger partial charge in [-0.1, -0.05) is 32.0 Å². The smallest absolute Gasteiger partial charge is 0.0995 e. The predicted molar refractivity (Wildman–Crippen MR) is 82.4 cm³/mol. The van der Waals surface area contributed by atoms with Crippen molar-refractivity contribution in [2.45, 2.75) is 32.7 Å². The zero-order valence-corrected chi connectivity index (χ0v) is 12.6. The molecule has 0 amide bonds. The predicted octanol–water partition coefficient (Wildman–Crippen LogP) is 2.94. The van der Waals surface area contributed by atoms with E-state index in [1.165, 1.54) is 12.0 Å². The highest BCUT2D eigenvalue weighted by atomic mass is 15.2. The first-order chi connectivity index (χ1) is 9.72. The van der Waals surface area contributed by atoms with Gasteiger partial charge in [-0.25, -0.2) is 0 Å². The van der Waals surface area contributed by atoms with E-state index in [1.54, 1.807) is 0 Å². The number of nitriles is 1. The summed E-state index contributed by atoms with van der Waals surface area (Å²) in [7, 11) is 0. The van der Waals surface area contributed by atoms with Crippen molar-refractivity contribution < 1.29 is 0 Å². The molecule has 1 fully saturated rings. The molecule has 0 aliphatic carbocycles. The van der Waals surface area contributed by atoms with Gasteiger partial charge in [-0.05, 0) is 30.4 Å². The fraction of sp³-hybridized carbons (Fsp3) is 0.588. The van der Waals surface area contributed by atoms with Crippen LogP contribution in [0.1, 0.15) is 43.9 Å². The Bertz CT molecular complexity index is 456. The molecule has 0 spiro atoms. The van der Waals surface area contributed by atoms with Crippen LogP contribution < -0.4 is 5.32 Å². The standard InChI is InChI=1S/C17H25N3/c1-14(2)7-8-17(20-11-9-19-10-12-20)16-6-4-3-5-15(16)13-18/h3-6,14,17,19H,7-12H2,1-2H3/t17-/m1/s1. The second kappa shape index (κ2) is 7.42. The Balaban J connectivity index is 2.22. The first kappa shape index (κ1) is 15.0. The van der Waals surface area contributed by atoms with E-state index in [0.29, 0.717) is 12.0 Å². The molecule has 1 aromatic carbocycles. The fourth-order valence-electron chi connectivity index (χ4n) is 2.91. The Hall–Kier alpha value is -1.37. The van der Waals surface area contributed by atoms with E-state index < -0.39 is 0 Å². The largest absolute Gasteiger partial charge is 0.314 e. The highest BCUT2D eigenvalue weighted by molar-refractivity contribution is 5.39. The van der Waals surface area contributed by atoms with Crippen LogP contribution in [0, 0.1) is 17.2 Å². The Morgan fingerprint density at radius 3 is 2.55 bits per heavy atom. The first-order valence-electron chi connectivity index (χ1n) is 7.66. The van der Waals surface area contributed by atoms with Gasteiger partial charge in [0.1, 0.15) is 0 Å². The van der Waals surface area contributed by atoms with Crippen LogP contribution in [0.2, 0.25) is 0 Å². The molecule has 0 bridgehead atoms. The van der Waals surface area contributed by atoms with Crippen LogP contribution in [0.5, 0.6) is 0 Å². The SMILES string of the molecule is CC(C)CC[C@H](c1ccccc1C#N)N1CCNCC1. The van der Waals surface area contributed by atoms with E-state index in [4.69, 9.17) is 0 Å². The minimum atomic E-state index is 0.385. The molecule has 20 heavy (non-hydrogen) atoms. The Kier molecular flexibility index (Phi) is 5.58. The van der Waals surface area contributed by atoms with Crippen LogP contribution in [-0.4, -0.2) is 31.1 Å². The number of piperazine rings is 1. The maximum Gasteiger partial charge on any atom is 0.0995 e. The molecule has 1 aromatic rings. The van der Waals surface area contributed by atoms with E-state index >= 15 is 0 Å². The normalized spacial score (nSPS) is 17.9. The summed E-state index contributed by atoms with van der Waals surface area (Å²) < 4.78 is 0. The average molecular weight is 271 g/mol. The summed E-state index contributed by atoms with van der Waals surface area (Å²) >= 11 is 0. The maximum absolute atomic E-state index is 9.36. The molecule has 3 nitrogen and oxygen atoms in total. The van der Waals surface area contributed by atoms with Crippen molar-refractivity contribution in [2.24, 2.45) is 5.92 Å². The Morgan fingerprint density at radius 2 is 1.90 bits per heavy atom. The lowest BCUT2D eigenvalue weighted by molar-refractivity contribution is 0.159. The number of benzene rings is 1. The summed E-state index contributed by atoms with van der Waals surface area (Å²) in [6.45, 7) is 8.78. The summed E-state index contributed by atoms with van der Waals surface area (Å²) in [5.41, 5.74) is 2.04. The number of rotatable bonds is 5. The molecule has 0 radical (unpaired) electrons. The molecule has 0 aromatic heterocycles. The quantitative estimate of drug-likeness (QED) is 0.895. The van der Waals surface area contributed by atoms with Gasteiger partial charge in [0.05, 0.1) is 11.6 Å². The second-order valence-corrected chi connectivity index (χ2v) is 5.97. The molecule has 1 aliphatic heterocycles. The third-order valence-corrected chi connectivity index (χ3v) is 4.05. The van der Waals surface area contributed by atoms with Gasteiger partial charge >= 0.3 is 0 Å². The maximum atomic E-state index is 9.36. The van der Waals surface area contributed by atoms with Crippen molar-refractivity contribution in [3.63, 3.8) is 0 Å². The van der Waals surface area contributed by atoms with Gasteiger partial charge in [0.25, 0.3) is 0 Å². The number of hydrogen-bond donors (Lipinski definition) is 1. The molecule has 2 rings (SSSR count). The molecule has 0 saturated carbocycles. The summed E-state index contributed by atoms with van der Waals surface area (Å²) in [4.78, 5) is 2.54. The van der Waals surface area contributed by atoms with E-state index in [-0.39, 0.29) is 0 Å². The molecule has 1 atom stereocenters. The van der Waals surface area contributed by atoms with Crippen LogP contribution in [0.25, 0.3) is 0 Å². The summed E-state index contributed by atoms with van der Waals surface area (Å²) in [6.07, 6.45) is 2.34. The molecular formula is C17H25N3. The minimum absolute atomic E-state index is 0.385. The molecule has 1 saturated heterocycles. The Labute approximate surface area is 122 Å². The van der Waals surface area contributed by atoms with Crippen molar-refractivity contribution in [2.75, 3.05) is 26.2 Å². The van der Waals surface area contributed by atoms with Gasteiger partial charge in [0, 0.05) is 32.2 Å². The van der Waals surface area contributed by atoms with Crippen LogP contribution in [0.3, 0.4) is 0 Å². The second-order valence-electron chi connectivity index (χ2n) is 5.97. The highest BCUT2D eigenvalue weighted by Gasteiger charge is 2.24. The fourth-order valence-corrected chi connectivity index (χ4v) is 2.91. The van der Waals surface area contributed by atoms with Crippen molar-refractivity contribution in [1.82, 2.24) is 10.2 Å². The minimum Gasteiger partial charge on any atom is -0.314 e. The first-order valence-corrected chi connectivity index (χ1v) is 7.66. The lowest BCUT2D eigenvalue weighted by atomic mass is 9.93. The summed E-state index contributed by atoms with van der Waals surface area (Å²) in [5, 5.41) is 12.8. The van der Waals surface area contributed by atoms with Gasteiger partial charge in [-0.3, -0.25) is 4.90 Å². The van der Waals surface area contributed by atoms with Gasteiger partial charge < -0.3 is 5.32 Å². The van der Waals surface area contributed by atoms with Crippen LogP contribution >= 0.6 is 0 Å². The van der Waals surface area contributed by atoms with E-state index in [1.807, 2.05) is 12.1 Å². The van der Waals surface area contributed by atoms with Gasteiger partial charge in [-0.2, -0.15) is 5.26 Å². The van der Waals surface area contributed by atoms with Crippen molar-refractivity contribution in [3.8, 4) is 6.07 Å². The Morgan fingerprint density at radius 1 is 1.20 bits per heavy atom. The molecule has 1 aliphatic rings. The number of nitrogens with one attached hydrogen (secondary N) is 1. The van der Waals surface area contributed by atoms with Gasteiger partial charge in [-0.15, -0.1) is 0 Å². The number of hydrogen-bond acceptors (Lipinski definition) is 3. The van der Waals surface area contributed by atoms with Crippen LogP contribution in [0.4, 0.5) is 0 Å². The lowest BCUT2D eigenvalue weighted by Crippen LogP contribution is -2.45. The van der Waals surface area contributed by atoms with Crippen molar-refractivity contribution in [3.05, 3.63) is 35.4 Å². The monoisotopic (exact) mass is 271 g/mol. The summed E-state index contributed by atoms with van der Waals surface area (Å²) in [5.74, 6) is 0.703. The van der Waals surface area contributed by atoms with Gasteiger partial charge in [0.2, 0.25) is 0 Å². The van der Waals surface area contributed by atoms with E-state index in [9.17, 15) is 5.26 Å². The highest BCUT2D eigenvalue weighted by Crippen LogP contribution is 2.29. The lowest BCUT2D eigenvalue weighted by Gasteiger charge is -2.36. The topological polar surface area (TPSA) is 39.1 Å². The van der Waals surface area contributed by atoms with Crippen LogP contribution in [0.15, 0.2) is 24.3 Å². The van der Waals surface area contributed by atoms with Crippen molar-refractivity contribution in [1.29, 1.82) is 5.26 Å². The molecule has 0 unspecified atom stereocenters. The molecule has 1 N–H and O–H groups in total. The molecular weight excluding hydrogens is 246 g/mol.